The predicted octanol–water partition coefficient (Wildman–Crippen LogP) is 3.65. The number of nitrogens with zero attached hydrogens (tertiary/aromatic N) is 3. The zero-order chi connectivity index (χ0) is 18.5. The van der Waals surface area contributed by atoms with E-state index < -0.39 is 0 Å². The van der Waals surface area contributed by atoms with E-state index >= 15 is 0 Å². The summed E-state index contributed by atoms with van der Waals surface area (Å²) in [6.07, 6.45) is 0. The Morgan fingerprint density at radius 2 is 1.81 bits per heavy atom. The molecule has 1 N–H and O–H groups in total. The van der Waals surface area contributed by atoms with Crippen LogP contribution in [0, 0.1) is 13.8 Å². The number of amides is 1. The van der Waals surface area contributed by atoms with E-state index in [2.05, 4.69) is 46.7 Å². The second-order valence-electron chi connectivity index (χ2n) is 6.29. The van der Waals surface area contributed by atoms with E-state index in [4.69, 9.17) is 0 Å². The number of aryl methyl sites for hydroxylation is 2. The van der Waals surface area contributed by atoms with Crippen LogP contribution in [0.1, 0.15) is 32.9 Å². The maximum Gasteiger partial charge on any atom is 0.251 e. The molecular weight excluding hydrogens is 344 g/mol. The zero-order valence-corrected chi connectivity index (χ0v) is 16.0. The van der Waals surface area contributed by atoms with Crippen LogP contribution in [0.5, 0.6) is 0 Å². The molecule has 0 aliphatic heterocycles. The molecule has 3 rings (SSSR count). The third-order valence-electron chi connectivity index (χ3n) is 4.06. The Balaban J connectivity index is 1.59. The van der Waals surface area contributed by atoms with Crippen molar-refractivity contribution in [2.75, 3.05) is 0 Å². The molecule has 2 aromatic carbocycles. The molecule has 0 aliphatic rings. The van der Waals surface area contributed by atoms with Crippen molar-refractivity contribution in [1.82, 2.24) is 20.1 Å². The second-order valence-corrected chi connectivity index (χ2v) is 7.23. The van der Waals surface area contributed by atoms with Gasteiger partial charge < -0.3 is 9.88 Å². The summed E-state index contributed by atoms with van der Waals surface area (Å²) in [6, 6.07) is 16.0. The number of rotatable bonds is 6. The standard InChI is InChI=1S/C20H22N4OS/c1-14-6-4-8-16(10-14)13-26-20-23-22-18(24(20)3)12-21-19(25)17-9-5-7-15(2)11-17/h4-11H,12-13H2,1-3H3,(H,21,25). The molecule has 0 saturated heterocycles. The first-order valence-corrected chi connectivity index (χ1v) is 9.43. The maximum absolute atomic E-state index is 12.3. The van der Waals surface area contributed by atoms with Gasteiger partial charge in [0, 0.05) is 18.4 Å². The minimum Gasteiger partial charge on any atom is -0.345 e. The molecule has 0 radical (unpaired) electrons. The highest BCUT2D eigenvalue weighted by Crippen LogP contribution is 2.21. The van der Waals surface area contributed by atoms with Gasteiger partial charge in [-0.25, -0.2) is 0 Å². The molecule has 0 fully saturated rings. The summed E-state index contributed by atoms with van der Waals surface area (Å²) < 4.78 is 1.93. The van der Waals surface area contributed by atoms with Crippen LogP contribution >= 0.6 is 11.8 Å². The van der Waals surface area contributed by atoms with Crippen molar-refractivity contribution in [2.45, 2.75) is 31.3 Å². The Morgan fingerprint density at radius 3 is 2.54 bits per heavy atom. The van der Waals surface area contributed by atoms with Crippen LogP contribution in [0.2, 0.25) is 0 Å². The van der Waals surface area contributed by atoms with Gasteiger partial charge in [0.2, 0.25) is 0 Å². The number of hydrogen-bond acceptors (Lipinski definition) is 4. The lowest BCUT2D eigenvalue weighted by molar-refractivity contribution is 0.0949. The Morgan fingerprint density at radius 1 is 1.08 bits per heavy atom. The first-order valence-electron chi connectivity index (χ1n) is 8.44. The zero-order valence-electron chi connectivity index (χ0n) is 15.2. The van der Waals surface area contributed by atoms with Gasteiger partial charge in [0.15, 0.2) is 11.0 Å². The first-order chi connectivity index (χ1) is 12.5. The highest BCUT2D eigenvalue weighted by atomic mass is 32.2. The molecule has 6 heteroatoms. The van der Waals surface area contributed by atoms with Crippen molar-refractivity contribution >= 4 is 17.7 Å². The van der Waals surface area contributed by atoms with Crippen LogP contribution in [0.4, 0.5) is 0 Å². The summed E-state index contributed by atoms with van der Waals surface area (Å²) in [5.41, 5.74) is 4.22. The van der Waals surface area contributed by atoms with E-state index in [1.54, 1.807) is 11.8 Å². The van der Waals surface area contributed by atoms with Gasteiger partial charge in [0.1, 0.15) is 0 Å². The third kappa shape index (κ3) is 4.52. The molecule has 1 aromatic heterocycles. The monoisotopic (exact) mass is 366 g/mol. The van der Waals surface area contributed by atoms with E-state index in [0.717, 1.165) is 22.3 Å². The van der Waals surface area contributed by atoms with Crippen molar-refractivity contribution in [2.24, 2.45) is 7.05 Å². The first kappa shape index (κ1) is 18.2. The van der Waals surface area contributed by atoms with Gasteiger partial charge in [-0.15, -0.1) is 10.2 Å². The SMILES string of the molecule is Cc1cccc(CSc2nnc(CNC(=O)c3cccc(C)c3)n2C)c1. The molecule has 0 spiro atoms. The Labute approximate surface area is 157 Å². The average molecular weight is 366 g/mol. The maximum atomic E-state index is 12.3. The van der Waals surface area contributed by atoms with E-state index in [-0.39, 0.29) is 5.91 Å². The summed E-state index contributed by atoms with van der Waals surface area (Å²) in [6.45, 7) is 4.41. The summed E-state index contributed by atoms with van der Waals surface area (Å²) in [4.78, 5) is 12.3. The molecule has 3 aromatic rings. The molecule has 5 nitrogen and oxygen atoms in total. The summed E-state index contributed by atoms with van der Waals surface area (Å²) in [7, 11) is 1.92. The summed E-state index contributed by atoms with van der Waals surface area (Å²) in [5, 5.41) is 12.2. The van der Waals surface area contributed by atoms with Crippen LogP contribution in [-0.2, 0) is 19.3 Å². The second kappa shape index (κ2) is 8.19. The van der Waals surface area contributed by atoms with Gasteiger partial charge >= 0.3 is 0 Å². The van der Waals surface area contributed by atoms with Gasteiger partial charge in [-0.2, -0.15) is 0 Å². The lowest BCUT2D eigenvalue weighted by atomic mass is 10.1. The number of thioether (sulfide) groups is 1. The van der Waals surface area contributed by atoms with Crippen molar-refractivity contribution < 1.29 is 4.79 Å². The molecule has 0 aliphatic carbocycles. The number of benzene rings is 2. The van der Waals surface area contributed by atoms with Crippen LogP contribution in [0.25, 0.3) is 0 Å². The smallest absolute Gasteiger partial charge is 0.251 e. The third-order valence-corrected chi connectivity index (χ3v) is 5.15. The number of hydrogen-bond donors (Lipinski definition) is 1. The van der Waals surface area contributed by atoms with Crippen molar-refractivity contribution in [1.29, 1.82) is 0 Å². The van der Waals surface area contributed by atoms with Crippen LogP contribution in [-0.4, -0.2) is 20.7 Å². The van der Waals surface area contributed by atoms with Gasteiger partial charge in [-0.05, 0) is 31.5 Å². The van der Waals surface area contributed by atoms with Crippen molar-refractivity contribution in [3.05, 3.63) is 76.6 Å². The number of aromatic nitrogens is 3. The number of carbonyl (C=O) groups excluding carboxylic acids is 1. The largest absolute Gasteiger partial charge is 0.345 e. The molecule has 0 unspecified atom stereocenters. The Kier molecular flexibility index (Phi) is 5.73. The van der Waals surface area contributed by atoms with Crippen LogP contribution < -0.4 is 5.32 Å². The molecule has 1 amide bonds. The minimum atomic E-state index is -0.106. The quantitative estimate of drug-likeness (QED) is 0.677. The number of carbonyl (C=O) groups is 1. The molecule has 0 saturated carbocycles. The molecule has 0 bridgehead atoms. The topological polar surface area (TPSA) is 59.8 Å². The Bertz CT molecular complexity index is 920. The van der Waals surface area contributed by atoms with E-state index in [1.807, 2.05) is 42.8 Å². The van der Waals surface area contributed by atoms with E-state index in [0.29, 0.717) is 12.1 Å². The van der Waals surface area contributed by atoms with Gasteiger partial charge in [0.05, 0.1) is 6.54 Å². The fourth-order valence-corrected chi connectivity index (χ4v) is 3.50. The minimum absolute atomic E-state index is 0.106. The van der Waals surface area contributed by atoms with Crippen LogP contribution in [0.3, 0.4) is 0 Å². The highest BCUT2D eigenvalue weighted by molar-refractivity contribution is 7.98. The molecular formula is C20H22N4OS. The van der Waals surface area contributed by atoms with Gasteiger partial charge in [-0.3, -0.25) is 4.79 Å². The predicted molar refractivity (Wildman–Crippen MR) is 104 cm³/mol. The van der Waals surface area contributed by atoms with Crippen LogP contribution in [0.15, 0.2) is 53.7 Å². The van der Waals surface area contributed by atoms with E-state index in [1.165, 1.54) is 11.1 Å². The van der Waals surface area contributed by atoms with Gasteiger partial charge in [-0.1, -0.05) is 59.3 Å². The van der Waals surface area contributed by atoms with Gasteiger partial charge in [0.25, 0.3) is 5.91 Å². The average Bonchev–Trinajstić information content (AvgIpc) is 2.98. The van der Waals surface area contributed by atoms with E-state index in [9.17, 15) is 4.79 Å². The molecule has 26 heavy (non-hydrogen) atoms. The normalized spacial score (nSPS) is 10.7. The summed E-state index contributed by atoms with van der Waals surface area (Å²) in [5.74, 6) is 1.46. The highest BCUT2D eigenvalue weighted by Gasteiger charge is 2.12. The molecule has 1 heterocycles. The Hall–Kier alpha value is -2.60. The summed E-state index contributed by atoms with van der Waals surface area (Å²) >= 11 is 1.64. The number of nitrogens with one attached hydrogen (secondary N) is 1. The lowest BCUT2D eigenvalue weighted by Crippen LogP contribution is -2.24. The fraction of sp³-hybridized carbons (Fsp3) is 0.250. The fourth-order valence-electron chi connectivity index (χ4n) is 2.62. The molecule has 0 atom stereocenters. The van der Waals surface area contributed by atoms with Crippen molar-refractivity contribution in [3.8, 4) is 0 Å². The van der Waals surface area contributed by atoms with Crippen molar-refractivity contribution in [3.63, 3.8) is 0 Å². The lowest BCUT2D eigenvalue weighted by Gasteiger charge is -2.07. The molecule has 134 valence electrons.